The molecule has 0 radical (unpaired) electrons. The summed E-state index contributed by atoms with van der Waals surface area (Å²) in [5.41, 5.74) is 6.03. The molecule has 25 heavy (non-hydrogen) atoms. The van der Waals surface area contributed by atoms with Gasteiger partial charge in [0.25, 0.3) is 5.91 Å². The van der Waals surface area contributed by atoms with Gasteiger partial charge < -0.3 is 15.4 Å². The Morgan fingerprint density at radius 2 is 1.88 bits per heavy atom. The van der Waals surface area contributed by atoms with E-state index < -0.39 is 0 Å². The third-order valence-corrected chi connectivity index (χ3v) is 5.72. The van der Waals surface area contributed by atoms with Crippen molar-refractivity contribution in [1.82, 2.24) is 4.90 Å². The Kier molecular flexibility index (Phi) is 5.61. The number of rotatable bonds is 5. The van der Waals surface area contributed by atoms with Gasteiger partial charge in [0.15, 0.2) is 6.61 Å². The summed E-state index contributed by atoms with van der Waals surface area (Å²) in [6.45, 7) is 3.25. The van der Waals surface area contributed by atoms with Crippen LogP contribution in [-0.4, -0.2) is 35.9 Å². The van der Waals surface area contributed by atoms with E-state index in [2.05, 4.69) is 11.8 Å². The Hall–Kier alpha value is -2.04. The van der Waals surface area contributed by atoms with E-state index >= 15 is 0 Å². The first-order valence-electron chi connectivity index (χ1n) is 9.34. The average molecular weight is 344 g/mol. The molecule has 2 aliphatic rings. The van der Waals surface area contributed by atoms with Crippen LogP contribution in [0.1, 0.15) is 44.6 Å². The van der Waals surface area contributed by atoms with Crippen LogP contribution in [-0.2, 0) is 16.0 Å². The van der Waals surface area contributed by atoms with Gasteiger partial charge in [-0.3, -0.25) is 9.59 Å². The Balaban J connectivity index is 1.55. The molecule has 3 atom stereocenters. The highest BCUT2D eigenvalue weighted by molar-refractivity contribution is 5.78. The van der Waals surface area contributed by atoms with Crippen molar-refractivity contribution < 1.29 is 14.3 Å². The quantitative estimate of drug-likeness (QED) is 0.892. The van der Waals surface area contributed by atoms with Gasteiger partial charge in [0, 0.05) is 12.6 Å². The number of nitrogens with zero attached hydrogens (tertiary/aromatic N) is 1. The molecule has 2 N–H and O–H groups in total. The summed E-state index contributed by atoms with van der Waals surface area (Å²) < 4.78 is 5.68. The molecule has 2 fully saturated rings. The summed E-state index contributed by atoms with van der Waals surface area (Å²) in [4.78, 5) is 25.7. The Labute approximate surface area is 149 Å². The first kappa shape index (κ1) is 17.8. The smallest absolute Gasteiger partial charge is 0.260 e. The van der Waals surface area contributed by atoms with Crippen LogP contribution < -0.4 is 10.5 Å². The molecule has 5 heteroatoms. The summed E-state index contributed by atoms with van der Waals surface area (Å²) in [6.07, 6.45) is 6.20. The highest BCUT2D eigenvalue weighted by atomic mass is 16.5. The Morgan fingerprint density at radius 1 is 1.16 bits per heavy atom. The molecule has 1 aliphatic heterocycles. The van der Waals surface area contributed by atoms with Crippen molar-refractivity contribution >= 4 is 11.8 Å². The number of carbonyl (C=O) groups is 2. The summed E-state index contributed by atoms with van der Waals surface area (Å²) in [5, 5.41) is 0. The van der Waals surface area contributed by atoms with E-state index in [0.29, 0.717) is 23.6 Å². The zero-order valence-electron chi connectivity index (χ0n) is 14.9. The van der Waals surface area contributed by atoms with Gasteiger partial charge in [0.05, 0.1) is 6.42 Å². The van der Waals surface area contributed by atoms with Crippen molar-refractivity contribution in [2.45, 2.75) is 51.5 Å². The minimum absolute atomic E-state index is 0.0762. The van der Waals surface area contributed by atoms with Crippen molar-refractivity contribution in [2.75, 3.05) is 13.2 Å². The minimum Gasteiger partial charge on any atom is -0.484 e. The molecule has 1 aromatic carbocycles. The molecule has 136 valence electrons. The summed E-state index contributed by atoms with van der Waals surface area (Å²) in [5.74, 6) is 1.75. The van der Waals surface area contributed by atoms with Crippen molar-refractivity contribution in [1.29, 1.82) is 0 Å². The van der Waals surface area contributed by atoms with Crippen LogP contribution in [0.2, 0.25) is 0 Å². The maximum absolute atomic E-state index is 12.7. The number of benzene rings is 1. The van der Waals surface area contributed by atoms with Gasteiger partial charge >= 0.3 is 0 Å². The van der Waals surface area contributed by atoms with Crippen LogP contribution in [0.4, 0.5) is 0 Å². The van der Waals surface area contributed by atoms with Gasteiger partial charge in [-0.15, -0.1) is 0 Å². The van der Waals surface area contributed by atoms with Gasteiger partial charge in [-0.05, 0) is 48.8 Å². The maximum Gasteiger partial charge on any atom is 0.260 e. The monoisotopic (exact) mass is 344 g/mol. The number of fused-ring (bicyclic) bond motifs is 1. The molecule has 0 spiro atoms. The van der Waals surface area contributed by atoms with E-state index in [9.17, 15) is 9.59 Å². The fraction of sp³-hybridized carbons (Fsp3) is 0.600. The number of likely N-dealkylation sites (tertiary alicyclic amines) is 1. The molecule has 1 saturated carbocycles. The molecular weight excluding hydrogens is 316 g/mol. The predicted octanol–water partition coefficient (Wildman–Crippen LogP) is 2.52. The number of nitrogens with two attached hydrogens (primary N) is 1. The second kappa shape index (κ2) is 7.89. The van der Waals surface area contributed by atoms with Crippen molar-refractivity contribution in [3.05, 3.63) is 29.8 Å². The maximum atomic E-state index is 12.7. The standard InChI is InChI=1S/C20H28N2O3/c1-14-10-11-22(18-5-3-2-4-17(14)18)20(24)13-25-16-8-6-15(7-9-16)12-19(21)23/h6-9,14,17-18H,2-5,10-13H2,1H3,(H2,21,23). The molecule has 0 aromatic heterocycles. The van der Waals surface area contributed by atoms with E-state index in [0.717, 1.165) is 24.9 Å². The van der Waals surface area contributed by atoms with E-state index in [-0.39, 0.29) is 24.8 Å². The highest BCUT2D eigenvalue weighted by Gasteiger charge is 2.39. The summed E-state index contributed by atoms with van der Waals surface area (Å²) in [6, 6.07) is 7.58. The van der Waals surface area contributed by atoms with Crippen LogP contribution in [0, 0.1) is 11.8 Å². The van der Waals surface area contributed by atoms with Crippen molar-refractivity contribution in [2.24, 2.45) is 17.6 Å². The largest absolute Gasteiger partial charge is 0.484 e. The van der Waals surface area contributed by atoms with Crippen LogP contribution in [0.3, 0.4) is 0 Å². The number of amides is 2. The summed E-state index contributed by atoms with van der Waals surface area (Å²) >= 11 is 0. The lowest BCUT2D eigenvalue weighted by Gasteiger charge is -2.47. The fourth-order valence-corrected chi connectivity index (χ4v) is 4.36. The fourth-order valence-electron chi connectivity index (χ4n) is 4.36. The lowest BCUT2D eigenvalue weighted by atomic mass is 9.72. The number of hydrogen-bond donors (Lipinski definition) is 1. The SMILES string of the molecule is CC1CCN(C(=O)COc2ccc(CC(N)=O)cc2)C2CCCCC12. The van der Waals surface area contributed by atoms with Crippen LogP contribution in [0.15, 0.2) is 24.3 Å². The van der Waals surface area contributed by atoms with E-state index in [1.54, 1.807) is 12.1 Å². The zero-order chi connectivity index (χ0) is 17.8. The number of hydrogen-bond acceptors (Lipinski definition) is 3. The van der Waals surface area contributed by atoms with E-state index in [1.807, 2.05) is 12.1 Å². The molecule has 5 nitrogen and oxygen atoms in total. The predicted molar refractivity (Wildman–Crippen MR) is 96.1 cm³/mol. The molecule has 1 saturated heterocycles. The van der Waals surface area contributed by atoms with Crippen molar-refractivity contribution in [3.8, 4) is 5.75 Å². The Bertz CT molecular complexity index is 614. The number of ether oxygens (including phenoxy) is 1. The van der Waals surface area contributed by atoms with Gasteiger partial charge in [0.2, 0.25) is 5.91 Å². The third-order valence-electron chi connectivity index (χ3n) is 5.72. The van der Waals surface area contributed by atoms with Gasteiger partial charge in [-0.2, -0.15) is 0 Å². The van der Waals surface area contributed by atoms with Crippen LogP contribution >= 0.6 is 0 Å². The highest BCUT2D eigenvalue weighted by Crippen LogP contribution is 2.38. The number of piperidine rings is 1. The zero-order valence-corrected chi connectivity index (χ0v) is 14.9. The van der Waals surface area contributed by atoms with Gasteiger partial charge in [-0.25, -0.2) is 0 Å². The first-order chi connectivity index (χ1) is 12.0. The second-order valence-corrected chi connectivity index (χ2v) is 7.44. The third kappa shape index (κ3) is 4.33. The molecular formula is C20H28N2O3. The molecule has 3 rings (SSSR count). The van der Waals surface area contributed by atoms with E-state index in [4.69, 9.17) is 10.5 Å². The van der Waals surface area contributed by atoms with E-state index in [1.165, 1.54) is 19.3 Å². The Morgan fingerprint density at radius 3 is 2.60 bits per heavy atom. The first-order valence-corrected chi connectivity index (χ1v) is 9.34. The van der Waals surface area contributed by atoms with Gasteiger partial charge in [0.1, 0.15) is 5.75 Å². The average Bonchev–Trinajstić information content (AvgIpc) is 2.61. The molecule has 0 bridgehead atoms. The van der Waals surface area contributed by atoms with Crippen LogP contribution in [0.5, 0.6) is 5.75 Å². The van der Waals surface area contributed by atoms with Gasteiger partial charge in [-0.1, -0.05) is 31.9 Å². The molecule has 1 heterocycles. The molecule has 2 amide bonds. The molecule has 1 aromatic rings. The molecule has 3 unspecified atom stereocenters. The molecule has 1 aliphatic carbocycles. The topological polar surface area (TPSA) is 72.6 Å². The van der Waals surface area contributed by atoms with Crippen molar-refractivity contribution in [3.63, 3.8) is 0 Å². The second-order valence-electron chi connectivity index (χ2n) is 7.44. The minimum atomic E-state index is -0.356. The summed E-state index contributed by atoms with van der Waals surface area (Å²) in [7, 11) is 0. The number of carbonyl (C=O) groups excluding carboxylic acids is 2. The lowest BCUT2D eigenvalue weighted by molar-refractivity contribution is -0.141. The lowest BCUT2D eigenvalue weighted by Crippen LogP contribution is -2.53. The normalized spacial score (nSPS) is 26.0. The van der Waals surface area contributed by atoms with Crippen LogP contribution in [0.25, 0.3) is 0 Å². The number of primary amides is 1.